The molecule has 4 aromatic rings. The Morgan fingerprint density at radius 3 is 2.69 bits per heavy atom. The molecule has 1 N–H and O–H groups in total. The Kier molecular flexibility index (Phi) is 6.47. The minimum absolute atomic E-state index is 0.177. The third-order valence-corrected chi connectivity index (χ3v) is 6.25. The second-order valence-corrected chi connectivity index (χ2v) is 8.52. The molecular weight excluding hydrogens is 444 g/mol. The van der Waals surface area contributed by atoms with Gasteiger partial charge in [-0.1, -0.05) is 0 Å². The molecule has 9 nitrogen and oxygen atoms in total. The highest BCUT2D eigenvalue weighted by atomic mass is 16.5. The van der Waals surface area contributed by atoms with Gasteiger partial charge in [-0.15, -0.1) is 0 Å². The average molecular weight is 473 g/mol. The fraction of sp³-hybridized carbons (Fsp3) is 0.308. The number of benzene rings is 1. The minimum Gasteiger partial charge on any atom is -0.497 e. The summed E-state index contributed by atoms with van der Waals surface area (Å²) >= 11 is 0. The number of methoxy groups -OCH3 is 2. The molecule has 1 fully saturated rings. The Labute approximate surface area is 203 Å². The molecule has 1 aliphatic rings. The predicted molar refractivity (Wildman–Crippen MR) is 133 cm³/mol. The van der Waals surface area contributed by atoms with Crippen molar-refractivity contribution in [1.29, 1.82) is 0 Å². The van der Waals surface area contributed by atoms with Crippen molar-refractivity contribution in [2.75, 3.05) is 32.2 Å². The summed E-state index contributed by atoms with van der Waals surface area (Å²) in [4.78, 5) is 24.1. The van der Waals surface area contributed by atoms with Crippen molar-refractivity contribution in [1.82, 2.24) is 25.1 Å². The first-order chi connectivity index (χ1) is 17.1. The van der Waals surface area contributed by atoms with E-state index in [2.05, 4.69) is 25.3 Å². The number of carbonyl (C=O) groups is 1. The quantitative estimate of drug-likeness (QED) is 0.420. The van der Waals surface area contributed by atoms with Gasteiger partial charge in [-0.2, -0.15) is 5.10 Å². The standard InChI is InChI=1S/C26H28N6O3/c1-34-22-6-5-19(23(13-22)35-2)17-32-25-20(16-30-32)12-21(15-28-25)26(33)29-14-18-7-8-27-24(11-18)31-9-3-4-10-31/h5-8,11-13,15-16H,3-4,9-10,14,17H2,1-2H3,(H,29,33). The first-order valence-electron chi connectivity index (χ1n) is 11.6. The van der Waals surface area contributed by atoms with E-state index in [0.717, 1.165) is 41.2 Å². The second-order valence-electron chi connectivity index (χ2n) is 8.52. The maximum Gasteiger partial charge on any atom is 0.253 e. The summed E-state index contributed by atoms with van der Waals surface area (Å²) in [6.45, 7) is 2.98. The number of pyridine rings is 2. The fourth-order valence-electron chi connectivity index (χ4n) is 4.33. The van der Waals surface area contributed by atoms with Crippen LogP contribution < -0.4 is 19.7 Å². The third kappa shape index (κ3) is 4.89. The highest BCUT2D eigenvalue weighted by Crippen LogP contribution is 2.26. The van der Waals surface area contributed by atoms with E-state index < -0.39 is 0 Å². The van der Waals surface area contributed by atoms with Crippen LogP contribution in [0.1, 0.15) is 34.3 Å². The molecule has 1 aromatic carbocycles. The van der Waals surface area contributed by atoms with Crippen LogP contribution in [0, 0.1) is 0 Å². The smallest absolute Gasteiger partial charge is 0.253 e. The van der Waals surface area contributed by atoms with Crippen LogP contribution in [0.2, 0.25) is 0 Å². The number of amides is 1. The zero-order valence-corrected chi connectivity index (χ0v) is 19.9. The summed E-state index contributed by atoms with van der Waals surface area (Å²) < 4.78 is 12.6. The predicted octanol–water partition coefficient (Wildman–Crippen LogP) is 3.42. The van der Waals surface area contributed by atoms with Crippen LogP contribution in [0.5, 0.6) is 11.5 Å². The molecule has 0 bridgehead atoms. The highest BCUT2D eigenvalue weighted by Gasteiger charge is 2.15. The van der Waals surface area contributed by atoms with Crippen molar-refractivity contribution in [2.24, 2.45) is 0 Å². The maximum absolute atomic E-state index is 12.8. The Bertz CT molecular complexity index is 1350. The Morgan fingerprint density at radius 2 is 1.89 bits per heavy atom. The van der Waals surface area contributed by atoms with E-state index >= 15 is 0 Å². The van der Waals surface area contributed by atoms with Gasteiger partial charge in [-0.25, -0.2) is 14.6 Å². The summed E-state index contributed by atoms with van der Waals surface area (Å²) in [5.74, 6) is 2.23. The summed E-state index contributed by atoms with van der Waals surface area (Å²) in [5.41, 5.74) is 3.16. The molecule has 0 atom stereocenters. The van der Waals surface area contributed by atoms with E-state index in [1.807, 2.05) is 36.4 Å². The number of fused-ring (bicyclic) bond motifs is 1. The molecule has 0 saturated carbocycles. The normalized spacial score (nSPS) is 13.3. The molecule has 1 aliphatic heterocycles. The average Bonchev–Trinajstić information content (AvgIpc) is 3.58. The lowest BCUT2D eigenvalue weighted by molar-refractivity contribution is 0.0950. The van der Waals surface area contributed by atoms with Crippen molar-refractivity contribution < 1.29 is 14.3 Å². The van der Waals surface area contributed by atoms with Gasteiger partial charge in [0.15, 0.2) is 5.65 Å². The number of aromatic nitrogens is 4. The van der Waals surface area contributed by atoms with Gasteiger partial charge in [-0.05, 0) is 48.7 Å². The van der Waals surface area contributed by atoms with Gasteiger partial charge in [0.25, 0.3) is 5.91 Å². The van der Waals surface area contributed by atoms with Crippen LogP contribution in [0.3, 0.4) is 0 Å². The molecule has 35 heavy (non-hydrogen) atoms. The zero-order valence-electron chi connectivity index (χ0n) is 19.9. The molecule has 1 saturated heterocycles. The van der Waals surface area contributed by atoms with Gasteiger partial charge < -0.3 is 19.7 Å². The minimum atomic E-state index is -0.177. The zero-order chi connectivity index (χ0) is 24.2. The first kappa shape index (κ1) is 22.6. The van der Waals surface area contributed by atoms with E-state index in [1.54, 1.807) is 37.5 Å². The number of nitrogens with one attached hydrogen (secondary N) is 1. The summed E-state index contributed by atoms with van der Waals surface area (Å²) in [6.07, 6.45) is 7.50. The van der Waals surface area contributed by atoms with Crippen molar-refractivity contribution in [3.63, 3.8) is 0 Å². The van der Waals surface area contributed by atoms with E-state index in [9.17, 15) is 4.79 Å². The van der Waals surface area contributed by atoms with Gasteiger partial charge in [0, 0.05) is 49.0 Å². The Morgan fingerprint density at radius 1 is 1.03 bits per heavy atom. The number of hydrogen-bond donors (Lipinski definition) is 1. The molecule has 0 spiro atoms. The largest absolute Gasteiger partial charge is 0.497 e. The molecule has 5 rings (SSSR count). The summed E-state index contributed by atoms with van der Waals surface area (Å²) in [5, 5.41) is 8.26. The molecule has 0 unspecified atom stereocenters. The van der Waals surface area contributed by atoms with Crippen molar-refractivity contribution in [3.8, 4) is 11.5 Å². The maximum atomic E-state index is 12.8. The van der Waals surface area contributed by atoms with Crippen LogP contribution in [-0.2, 0) is 13.1 Å². The van der Waals surface area contributed by atoms with Crippen LogP contribution >= 0.6 is 0 Å². The SMILES string of the molecule is COc1ccc(Cn2ncc3cc(C(=O)NCc4ccnc(N5CCCC5)c4)cnc32)c(OC)c1. The van der Waals surface area contributed by atoms with Crippen LogP contribution in [-0.4, -0.2) is 53.0 Å². The molecule has 1 amide bonds. The molecule has 3 aromatic heterocycles. The number of hydrogen-bond acceptors (Lipinski definition) is 7. The Hall–Kier alpha value is -4.14. The van der Waals surface area contributed by atoms with E-state index in [1.165, 1.54) is 12.8 Å². The number of anilines is 1. The molecule has 180 valence electrons. The molecule has 0 aliphatic carbocycles. The van der Waals surface area contributed by atoms with Gasteiger partial charge in [0.1, 0.15) is 17.3 Å². The van der Waals surface area contributed by atoms with Crippen LogP contribution in [0.4, 0.5) is 5.82 Å². The second kappa shape index (κ2) is 10.0. The number of nitrogens with zero attached hydrogens (tertiary/aromatic N) is 5. The summed E-state index contributed by atoms with van der Waals surface area (Å²) in [6, 6.07) is 11.5. The van der Waals surface area contributed by atoms with Crippen LogP contribution in [0.25, 0.3) is 11.0 Å². The molecule has 9 heteroatoms. The highest BCUT2D eigenvalue weighted by molar-refractivity contribution is 5.96. The molecule has 4 heterocycles. The lowest BCUT2D eigenvalue weighted by Crippen LogP contribution is -2.24. The lowest BCUT2D eigenvalue weighted by atomic mass is 10.2. The van der Waals surface area contributed by atoms with E-state index in [-0.39, 0.29) is 5.91 Å². The monoisotopic (exact) mass is 472 g/mol. The van der Waals surface area contributed by atoms with Gasteiger partial charge in [-0.3, -0.25) is 4.79 Å². The van der Waals surface area contributed by atoms with Gasteiger partial charge in [0.05, 0.1) is 32.5 Å². The van der Waals surface area contributed by atoms with E-state index in [4.69, 9.17) is 9.47 Å². The fourth-order valence-corrected chi connectivity index (χ4v) is 4.33. The number of ether oxygens (including phenoxy) is 2. The van der Waals surface area contributed by atoms with Gasteiger partial charge >= 0.3 is 0 Å². The molecule has 0 radical (unpaired) electrons. The first-order valence-corrected chi connectivity index (χ1v) is 11.6. The Balaban J connectivity index is 1.27. The third-order valence-electron chi connectivity index (χ3n) is 6.25. The number of carbonyl (C=O) groups excluding carboxylic acids is 1. The van der Waals surface area contributed by atoms with Crippen LogP contribution in [0.15, 0.2) is 55.0 Å². The van der Waals surface area contributed by atoms with Gasteiger partial charge in [0.2, 0.25) is 0 Å². The molecular formula is C26H28N6O3. The number of rotatable bonds is 8. The van der Waals surface area contributed by atoms with E-state index in [0.29, 0.717) is 30.0 Å². The van der Waals surface area contributed by atoms with Crippen molar-refractivity contribution in [2.45, 2.75) is 25.9 Å². The lowest BCUT2D eigenvalue weighted by Gasteiger charge is -2.17. The topological polar surface area (TPSA) is 94.4 Å². The summed E-state index contributed by atoms with van der Waals surface area (Å²) in [7, 11) is 3.25. The van der Waals surface area contributed by atoms with Crippen molar-refractivity contribution in [3.05, 3.63) is 71.7 Å². The van der Waals surface area contributed by atoms with Crippen molar-refractivity contribution >= 4 is 22.8 Å².